The Kier molecular flexibility index (Phi) is 5.72. The highest BCUT2D eigenvalue weighted by molar-refractivity contribution is 5.75. The number of hydrogen-bond donors (Lipinski definition) is 1. The molecule has 1 aliphatic heterocycles. The van der Waals surface area contributed by atoms with Crippen LogP contribution in [0.3, 0.4) is 0 Å². The predicted octanol–water partition coefficient (Wildman–Crippen LogP) is 3.49. The van der Waals surface area contributed by atoms with Gasteiger partial charge in [0, 0.05) is 13.0 Å². The van der Waals surface area contributed by atoms with Crippen LogP contribution in [0.1, 0.15) is 30.4 Å². The van der Waals surface area contributed by atoms with Crippen molar-refractivity contribution in [1.82, 2.24) is 5.32 Å². The first-order chi connectivity index (χ1) is 11.8. The van der Waals surface area contributed by atoms with Crippen molar-refractivity contribution in [2.45, 2.75) is 32.2 Å². The Balaban J connectivity index is 1.39. The highest BCUT2D eigenvalue weighted by atomic mass is 16.6. The van der Waals surface area contributed by atoms with E-state index >= 15 is 0 Å². The molecule has 1 N–H and O–H groups in total. The number of amides is 1. The van der Waals surface area contributed by atoms with Gasteiger partial charge in [0.2, 0.25) is 5.91 Å². The third-order valence-corrected chi connectivity index (χ3v) is 4.08. The van der Waals surface area contributed by atoms with Crippen molar-refractivity contribution >= 4 is 5.91 Å². The van der Waals surface area contributed by atoms with Gasteiger partial charge in [0.05, 0.1) is 0 Å². The molecule has 0 fully saturated rings. The van der Waals surface area contributed by atoms with Crippen LogP contribution in [0.4, 0.5) is 0 Å². The van der Waals surface area contributed by atoms with Gasteiger partial charge in [0.1, 0.15) is 13.2 Å². The number of nitrogens with one attached hydrogen (secondary N) is 1. The maximum atomic E-state index is 11.9. The van der Waals surface area contributed by atoms with Gasteiger partial charge in [-0.2, -0.15) is 0 Å². The minimum Gasteiger partial charge on any atom is -0.486 e. The van der Waals surface area contributed by atoms with Gasteiger partial charge in [-0.3, -0.25) is 4.79 Å². The summed E-state index contributed by atoms with van der Waals surface area (Å²) in [4.78, 5) is 11.9. The fourth-order valence-electron chi connectivity index (χ4n) is 2.82. The van der Waals surface area contributed by atoms with Crippen LogP contribution in [-0.2, 0) is 17.8 Å². The molecule has 0 aromatic heterocycles. The molecule has 1 amide bonds. The molecule has 2 aromatic rings. The first-order valence-corrected chi connectivity index (χ1v) is 8.51. The SMILES string of the molecule is O=C(CCCCc1cccc2c1OCCO2)NCc1ccccc1. The monoisotopic (exact) mass is 325 g/mol. The van der Waals surface area contributed by atoms with Crippen molar-refractivity contribution in [3.05, 3.63) is 59.7 Å². The van der Waals surface area contributed by atoms with Crippen LogP contribution in [-0.4, -0.2) is 19.1 Å². The Hall–Kier alpha value is -2.49. The Bertz CT molecular complexity index is 670. The van der Waals surface area contributed by atoms with E-state index in [2.05, 4.69) is 11.4 Å². The van der Waals surface area contributed by atoms with Gasteiger partial charge < -0.3 is 14.8 Å². The second-order valence-corrected chi connectivity index (χ2v) is 5.91. The zero-order valence-corrected chi connectivity index (χ0v) is 13.8. The largest absolute Gasteiger partial charge is 0.486 e. The van der Waals surface area contributed by atoms with Gasteiger partial charge >= 0.3 is 0 Å². The minimum atomic E-state index is 0.105. The highest BCUT2D eigenvalue weighted by Crippen LogP contribution is 2.34. The van der Waals surface area contributed by atoms with Crippen molar-refractivity contribution in [1.29, 1.82) is 0 Å². The Morgan fingerprint density at radius 1 is 0.958 bits per heavy atom. The van der Waals surface area contributed by atoms with E-state index in [9.17, 15) is 4.79 Å². The highest BCUT2D eigenvalue weighted by Gasteiger charge is 2.15. The summed E-state index contributed by atoms with van der Waals surface area (Å²) < 4.78 is 11.3. The molecular weight excluding hydrogens is 302 g/mol. The number of unbranched alkanes of at least 4 members (excludes halogenated alkanes) is 1. The van der Waals surface area contributed by atoms with Crippen LogP contribution < -0.4 is 14.8 Å². The fourth-order valence-corrected chi connectivity index (χ4v) is 2.82. The number of benzene rings is 2. The lowest BCUT2D eigenvalue weighted by Crippen LogP contribution is -2.22. The molecule has 0 spiro atoms. The number of aryl methyl sites for hydroxylation is 1. The van der Waals surface area contributed by atoms with Gasteiger partial charge in [0.15, 0.2) is 11.5 Å². The standard InChI is InChI=1S/C20H23NO3/c22-19(21-15-16-7-2-1-3-8-16)12-5-4-9-17-10-6-11-18-20(17)24-14-13-23-18/h1-3,6-8,10-11H,4-5,9,12-15H2,(H,21,22). The third kappa shape index (κ3) is 4.51. The first-order valence-electron chi connectivity index (χ1n) is 8.51. The average molecular weight is 325 g/mol. The van der Waals surface area contributed by atoms with E-state index in [0.717, 1.165) is 41.9 Å². The minimum absolute atomic E-state index is 0.105. The molecule has 0 saturated heterocycles. The van der Waals surface area contributed by atoms with Gasteiger partial charge in [-0.1, -0.05) is 42.5 Å². The van der Waals surface area contributed by atoms with Gasteiger partial charge in [-0.05, 0) is 36.5 Å². The van der Waals surface area contributed by atoms with Crippen molar-refractivity contribution in [2.75, 3.05) is 13.2 Å². The number of ether oxygens (including phenoxy) is 2. The number of fused-ring (bicyclic) bond motifs is 1. The number of rotatable bonds is 7. The van der Waals surface area contributed by atoms with E-state index in [1.165, 1.54) is 0 Å². The lowest BCUT2D eigenvalue weighted by atomic mass is 10.0. The molecule has 0 unspecified atom stereocenters. The third-order valence-electron chi connectivity index (χ3n) is 4.08. The summed E-state index contributed by atoms with van der Waals surface area (Å²) in [7, 11) is 0. The zero-order valence-electron chi connectivity index (χ0n) is 13.8. The smallest absolute Gasteiger partial charge is 0.220 e. The quantitative estimate of drug-likeness (QED) is 0.793. The maximum absolute atomic E-state index is 11.9. The first kappa shape index (κ1) is 16.4. The maximum Gasteiger partial charge on any atom is 0.220 e. The molecule has 0 saturated carbocycles. The number of para-hydroxylation sites is 1. The molecule has 1 heterocycles. The Labute approximate surface area is 142 Å². The van der Waals surface area contributed by atoms with Crippen LogP contribution in [0.2, 0.25) is 0 Å². The molecule has 2 aromatic carbocycles. The summed E-state index contributed by atoms with van der Waals surface area (Å²) >= 11 is 0. The average Bonchev–Trinajstić information content (AvgIpc) is 2.64. The summed E-state index contributed by atoms with van der Waals surface area (Å²) in [5.41, 5.74) is 2.29. The van der Waals surface area contributed by atoms with E-state index in [1.807, 2.05) is 42.5 Å². The number of carbonyl (C=O) groups is 1. The molecule has 24 heavy (non-hydrogen) atoms. The summed E-state index contributed by atoms with van der Waals surface area (Å²) in [6.45, 7) is 1.81. The van der Waals surface area contributed by atoms with E-state index in [1.54, 1.807) is 0 Å². The number of hydrogen-bond acceptors (Lipinski definition) is 3. The summed E-state index contributed by atoms with van der Waals surface area (Å²) in [5.74, 6) is 1.81. The Morgan fingerprint density at radius 2 is 1.79 bits per heavy atom. The molecule has 0 bridgehead atoms. The summed E-state index contributed by atoms with van der Waals surface area (Å²) in [5, 5.41) is 2.96. The topological polar surface area (TPSA) is 47.6 Å². The van der Waals surface area contributed by atoms with E-state index in [-0.39, 0.29) is 5.91 Å². The van der Waals surface area contributed by atoms with Crippen molar-refractivity contribution in [3.8, 4) is 11.5 Å². The lowest BCUT2D eigenvalue weighted by molar-refractivity contribution is -0.121. The fraction of sp³-hybridized carbons (Fsp3) is 0.350. The van der Waals surface area contributed by atoms with E-state index in [4.69, 9.17) is 9.47 Å². The number of carbonyl (C=O) groups excluding carboxylic acids is 1. The summed E-state index contributed by atoms with van der Waals surface area (Å²) in [6, 6.07) is 16.0. The van der Waals surface area contributed by atoms with Crippen LogP contribution in [0, 0.1) is 0 Å². The molecule has 1 aliphatic rings. The normalized spacial score (nSPS) is 12.7. The van der Waals surface area contributed by atoms with Crippen LogP contribution in [0.5, 0.6) is 11.5 Å². The van der Waals surface area contributed by atoms with E-state index < -0.39 is 0 Å². The summed E-state index contributed by atoms with van der Waals surface area (Å²) in [6.07, 6.45) is 3.28. The van der Waals surface area contributed by atoms with Crippen molar-refractivity contribution < 1.29 is 14.3 Å². The lowest BCUT2D eigenvalue weighted by Gasteiger charge is -2.20. The van der Waals surface area contributed by atoms with E-state index in [0.29, 0.717) is 26.2 Å². The van der Waals surface area contributed by atoms with Crippen LogP contribution in [0.15, 0.2) is 48.5 Å². The van der Waals surface area contributed by atoms with Gasteiger partial charge in [-0.15, -0.1) is 0 Å². The van der Waals surface area contributed by atoms with Crippen LogP contribution >= 0.6 is 0 Å². The van der Waals surface area contributed by atoms with Gasteiger partial charge in [-0.25, -0.2) is 0 Å². The molecular formula is C20H23NO3. The second-order valence-electron chi connectivity index (χ2n) is 5.91. The molecule has 0 atom stereocenters. The van der Waals surface area contributed by atoms with Crippen LogP contribution in [0.25, 0.3) is 0 Å². The van der Waals surface area contributed by atoms with Gasteiger partial charge in [0.25, 0.3) is 0 Å². The van der Waals surface area contributed by atoms with Crippen molar-refractivity contribution in [2.24, 2.45) is 0 Å². The molecule has 0 aliphatic carbocycles. The predicted molar refractivity (Wildman–Crippen MR) is 93.3 cm³/mol. The zero-order chi connectivity index (χ0) is 16.6. The molecule has 3 rings (SSSR count). The Morgan fingerprint density at radius 3 is 2.67 bits per heavy atom. The van der Waals surface area contributed by atoms with Crippen molar-refractivity contribution in [3.63, 3.8) is 0 Å². The molecule has 4 heteroatoms. The molecule has 126 valence electrons. The second kappa shape index (κ2) is 8.39. The molecule has 0 radical (unpaired) electrons. The molecule has 4 nitrogen and oxygen atoms in total.